The van der Waals surface area contributed by atoms with E-state index in [9.17, 15) is 14.4 Å². The predicted octanol–water partition coefficient (Wildman–Crippen LogP) is 4.02. The summed E-state index contributed by atoms with van der Waals surface area (Å²) in [6, 6.07) is 12.1. The Morgan fingerprint density at radius 2 is 1.71 bits per heavy atom. The Balaban J connectivity index is 1.65. The molecule has 2 heterocycles. The molecule has 0 aliphatic carbocycles. The van der Waals surface area contributed by atoms with Crippen molar-refractivity contribution in [2.24, 2.45) is 0 Å². The molecule has 0 atom stereocenters. The van der Waals surface area contributed by atoms with E-state index in [1.807, 2.05) is 0 Å². The van der Waals surface area contributed by atoms with E-state index in [0.29, 0.717) is 28.0 Å². The third-order valence-electron chi connectivity index (χ3n) is 5.13. The SMILES string of the molecule is COc1ccc2c(COC(=O)c3cc(OC)c(OC)cc3NC(=O)c3ccco3)cc(=O)oc2c1. The van der Waals surface area contributed by atoms with Crippen LogP contribution in [0.2, 0.25) is 0 Å². The molecule has 0 aliphatic rings. The van der Waals surface area contributed by atoms with Crippen molar-refractivity contribution in [3.05, 3.63) is 82.1 Å². The van der Waals surface area contributed by atoms with Crippen LogP contribution in [0.4, 0.5) is 5.69 Å². The molecule has 0 aliphatic heterocycles. The zero-order valence-corrected chi connectivity index (χ0v) is 19.1. The fourth-order valence-corrected chi connectivity index (χ4v) is 3.42. The van der Waals surface area contributed by atoms with Gasteiger partial charge in [0.1, 0.15) is 17.9 Å². The zero-order chi connectivity index (χ0) is 24.9. The predicted molar refractivity (Wildman–Crippen MR) is 124 cm³/mol. The van der Waals surface area contributed by atoms with Crippen molar-refractivity contribution in [2.45, 2.75) is 6.61 Å². The molecule has 10 heteroatoms. The van der Waals surface area contributed by atoms with Crippen LogP contribution in [0.1, 0.15) is 26.5 Å². The van der Waals surface area contributed by atoms with E-state index < -0.39 is 17.5 Å². The Labute approximate surface area is 199 Å². The van der Waals surface area contributed by atoms with E-state index in [1.54, 1.807) is 24.3 Å². The molecule has 2 aromatic carbocycles. The Hall–Kier alpha value is -4.73. The number of nitrogens with one attached hydrogen (secondary N) is 1. The molecule has 10 nitrogen and oxygen atoms in total. The summed E-state index contributed by atoms with van der Waals surface area (Å²) >= 11 is 0. The minimum Gasteiger partial charge on any atom is -0.497 e. The number of methoxy groups -OCH3 is 3. The van der Waals surface area contributed by atoms with Crippen LogP contribution < -0.4 is 25.2 Å². The molecule has 35 heavy (non-hydrogen) atoms. The highest BCUT2D eigenvalue weighted by atomic mass is 16.5. The second-order valence-electron chi connectivity index (χ2n) is 7.21. The van der Waals surface area contributed by atoms with Gasteiger partial charge in [-0.2, -0.15) is 0 Å². The molecule has 0 radical (unpaired) electrons. The van der Waals surface area contributed by atoms with Gasteiger partial charge in [0.25, 0.3) is 5.91 Å². The Morgan fingerprint density at radius 1 is 0.943 bits per heavy atom. The zero-order valence-electron chi connectivity index (χ0n) is 19.1. The van der Waals surface area contributed by atoms with Gasteiger partial charge < -0.3 is 33.1 Å². The first kappa shape index (κ1) is 23.4. The standard InChI is InChI=1S/C25H21NO9/c1-30-15-6-7-16-14(9-23(27)35-20(16)10-15)13-34-25(29)17-11-21(31-2)22(32-3)12-18(17)26-24(28)19-5-4-8-33-19/h4-12H,13H2,1-3H3,(H,26,28). The van der Waals surface area contributed by atoms with Crippen molar-refractivity contribution < 1.29 is 37.4 Å². The topological polar surface area (TPSA) is 126 Å². The van der Waals surface area contributed by atoms with Gasteiger partial charge in [0.15, 0.2) is 17.3 Å². The number of rotatable bonds is 8. The second-order valence-corrected chi connectivity index (χ2v) is 7.21. The van der Waals surface area contributed by atoms with E-state index in [2.05, 4.69) is 5.32 Å². The van der Waals surface area contributed by atoms with Crippen LogP contribution in [0.25, 0.3) is 11.0 Å². The van der Waals surface area contributed by atoms with Crippen molar-refractivity contribution in [3.8, 4) is 17.2 Å². The molecule has 0 saturated heterocycles. The summed E-state index contributed by atoms with van der Waals surface area (Å²) in [6.45, 7) is -0.229. The summed E-state index contributed by atoms with van der Waals surface area (Å²) in [5.74, 6) is -0.227. The highest BCUT2D eigenvalue weighted by Crippen LogP contribution is 2.34. The largest absolute Gasteiger partial charge is 0.497 e. The maximum absolute atomic E-state index is 13.1. The van der Waals surface area contributed by atoms with Gasteiger partial charge in [0.2, 0.25) is 0 Å². The lowest BCUT2D eigenvalue weighted by molar-refractivity contribution is 0.0474. The summed E-state index contributed by atoms with van der Waals surface area (Å²) in [5.41, 5.74) is 0.261. The molecular weight excluding hydrogens is 458 g/mol. The lowest BCUT2D eigenvalue weighted by atomic mass is 10.1. The number of anilines is 1. The van der Waals surface area contributed by atoms with Gasteiger partial charge in [0, 0.05) is 35.2 Å². The third-order valence-corrected chi connectivity index (χ3v) is 5.13. The molecule has 4 rings (SSSR count). The fourth-order valence-electron chi connectivity index (χ4n) is 3.42. The van der Waals surface area contributed by atoms with Crippen LogP contribution in [0.5, 0.6) is 17.2 Å². The number of carbonyl (C=O) groups excluding carboxylic acids is 2. The third kappa shape index (κ3) is 4.96. The van der Waals surface area contributed by atoms with E-state index >= 15 is 0 Å². The van der Waals surface area contributed by atoms with Crippen molar-refractivity contribution in [3.63, 3.8) is 0 Å². The summed E-state index contributed by atoms with van der Waals surface area (Å²) in [5, 5.41) is 3.20. The summed E-state index contributed by atoms with van der Waals surface area (Å²) in [6.07, 6.45) is 1.36. The molecule has 0 fully saturated rings. The molecule has 0 spiro atoms. The molecule has 4 aromatic rings. The normalized spacial score (nSPS) is 10.6. The molecule has 1 amide bonds. The van der Waals surface area contributed by atoms with Crippen LogP contribution in [0, 0.1) is 0 Å². The number of hydrogen-bond acceptors (Lipinski definition) is 9. The Morgan fingerprint density at radius 3 is 2.40 bits per heavy atom. The van der Waals surface area contributed by atoms with Gasteiger partial charge in [-0.15, -0.1) is 0 Å². The average molecular weight is 479 g/mol. The first-order chi connectivity index (χ1) is 16.9. The molecule has 0 bridgehead atoms. The number of esters is 1. The number of amides is 1. The van der Waals surface area contributed by atoms with Gasteiger partial charge in [-0.3, -0.25) is 4.79 Å². The van der Waals surface area contributed by atoms with Crippen LogP contribution in [-0.2, 0) is 11.3 Å². The van der Waals surface area contributed by atoms with Crippen LogP contribution in [0.3, 0.4) is 0 Å². The van der Waals surface area contributed by atoms with Crippen molar-refractivity contribution in [2.75, 3.05) is 26.6 Å². The summed E-state index contributed by atoms with van der Waals surface area (Å²) in [4.78, 5) is 37.6. The van der Waals surface area contributed by atoms with Crippen LogP contribution >= 0.6 is 0 Å². The van der Waals surface area contributed by atoms with E-state index in [-0.39, 0.29) is 29.4 Å². The van der Waals surface area contributed by atoms with E-state index in [4.69, 9.17) is 27.8 Å². The summed E-state index contributed by atoms with van der Waals surface area (Å²) in [7, 11) is 4.34. The average Bonchev–Trinajstić information content (AvgIpc) is 3.41. The minimum atomic E-state index is -0.768. The number of ether oxygens (including phenoxy) is 4. The molecule has 0 saturated carbocycles. The maximum atomic E-state index is 13.1. The fraction of sp³-hybridized carbons (Fsp3) is 0.160. The highest BCUT2D eigenvalue weighted by molar-refractivity contribution is 6.07. The first-order valence-electron chi connectivity index (χ1n) is 10.3. The van der Waals surface area contributed by atoms with Gasteiger partial charge in [-0.05, 0) is 24.3 Å². The van der Waals surface area contributed by atoms with Gasteiger partial charge in [-0.1, -0.05) is 0 Å². The monoisotopic (exact) mass is 479 g/mol. The van der Waals surface area contributed by atoms with Crippen molar-refractivity contribution in [1.82, 2.24) is 0 Å². The maximum Gasteiger partial charge on any atom is 0.340 e. The Kier molecular flexibility index (Phi) is 6.72. The molecule has 180 valence electrons. The lowest BCUT2D eigenvalue weighted by Crippen LogP contribution is -2.16. The van der Waals surface area contributed by atoms with Gasteiger partial charge in [-0.25, -0.2) is 9.59 Å². The first-order valence-corrected chi connectivity index (χ1v) is 10.3. The summed E-state index contributed by atoms with van der Waals surface area (Å²) < 4.78 is 31.6. The molecule has 0 unspecified atom stereocenters. The van der Waals surface area contributed by atoms with E-state index in [1.165, 1.54) is 51.9 Å². The molecular formula is C25H21NO9. The number of benzene rings is 2. The Bertz CT molecular complexity index is 1440. The minimum absolute atomic E-state index is 0.0106. The quantitative estimate of drug-likeness (QED) is 0.294. The van der Waals surface area contributed by atoms with Crippen molar-refractivity contribution in [1.29, 1.82) is 0 Å². The van der Waals surface area contributed by atoms with E-state index in [0.717, 1.165) is 0 Å². The number of carbonyl (C=O) groups is 2. The van der Waals surface area contributed by atoms with Crippen LogP contribution in [0.15, 0.2) is 68.4 Å². The lowest BCUT2D eigenvalue weighted by Gasteiger charge is -2.15. The second kappa shape index (κ2) is 10.0. The molecule has 2 aromatic heterocycles. The smallest absolute Gasteiger partial charge is 0.340 e. The number of furan rings is 1. The van der Waals surface area contributed by atoms with Gasteiger partial charge >= 0.3 is 11.6 Å². The molecule has 1 N–H and O–H groups in total. The number of hydrogen-bond donors (Lipinski definition) is 1. The van der Waals surface area contributed by atoms with Crippen LogP contribution in [-0.4, -0.2) is 33.2 Å². The number of fused-ring (bicyclic) bond motifs is 1. The van der Waals surface area contributed by atoms with Gasteiger partial charge in [0.05, 0.1) is 38.8 Å². The highest BCUT2D eigenvalue weighted by Gasteiger charge is 2.21. The van der Waals surface area contributed by atoms with Crippen molar-refractivity contribution >= 4 is 28.5 Å².